The molecule has 0 aromatic rings. The van der Waals surface area contributed by atoms with E-state index in [-0.39, 0.29) is 19.5 Å². The Kier molecular flexibility index (Phi) is 61.1. The quantitative estimate of drug-likeness (QED) is 0.0339. The zero-order valence-corrected chi connectivity index (χ0v) is 48.0. The molecule has 0 spiro atoms. The summed E-state index contributed by atoms with van der Waals surface area (Å²) in [6.07, 6.45) is 52.6. The Labute approximate surface area is 402 Å². The summed E-state index contributed by atoms with van der Waals surface area (Å²) in [5, 5.41) is 0. The molecule has 0 aromatic heterocycles. The van der Waals surface area contributed by atoms with Gasteiger partial charge in [0.2, 0.25) is 0 Å². The van der Waals surface area contributed by atoms with E-state index in [0.29, 0.717) is 13.2 Å². The van der Waals surface area contributed by atoms with Crippen LogP contribution in [0.25, 0.3) is 0 Å². The summed E-state index contributed by atoms with van der Waals surface area (Å²) in [5.74, 6) is 1.77. The summed E-state index contributed by atoms with van der Waals surface area (Å²) in [7, 11) is 0. The van der Waals surface area contributed by atoms with Crippen molar-refractivity contribution in [3.63, 3.8) is 0 Å². The molecule has 4 nitrogen and oxygen atoms in total. The van der Waals surface area contributed by atoms with Crippen LogP contribution in [-0.2, 0) is 52.1 Å². The molecule has 352 valence electrons. The van der Waals surface area contributed by atoms with Crippen LogP contribution < -0.4 is 9.79 Å². The van der Waals surface area contributed by atoms with Gasteiger partial charge in [0.25, 0.3) is 0 Å². The van der Waals surface area contributed by atoms with Gasteiger partial charge in [-0.05, 0) is 37.2 Å². The van der Waals surface area contributed by atoms with Crippen molar-refractivity contribution in [1.82, 2.24) is 0 Å². The molecule has 0 aliphatic carbocycles. The Morgan fingerprint density at radius 3 is 0.678 bits per heavy atom. The van der Waals surface area contributed by atoms with E-state index in [9.17, 15) is 9.79 Å². The molecule has 0 heterocycles. The van der Waals surface area contributed by atoms with E-state index in [1.807, 2.05) is 0 Å². The van der Waals surface area contributed by atoms with Gasteiger partial charge < -0.3 is 18.8 Å². The number of hydrogen-bond acceptors (Lipinski definition) is 8. The van der Waals surface area contributed by atoms with Gasteiger partial charge in [-0.3, -0.25) is 0 Å². The van der Waals surface area contributed by atoms with Crippen LogP contribution in [0.4, 0.5) is 0 Å². The van der Waals surface area contributed by atoms with E-state index in [4.69, 9.17) is 32.7 Å². The molecule has 2 unspecified atom stereocenters. The second-order valence-corrected chi connectivity index (χ2v) is 29.3. The van der Waals surface area contributed by atoms with Crippen molar-refractivity contribution in [3.8, 4) is 0 Å². The zero-order chi connectivity index (χ0) is 42.9. The third-order valence-corrected chi connectivity index (χ3v) is 19.7. The first-order valence-corrected chi connectivity index (χ1v) is 33.9. The molecular weight excluding hydrogens is 896 g/mol. The van der Waals surface area contributed by atoms with Crippen molar-refractivity contribution < 1.29 is 38.3 Å². The molecule has 0 N–H and O–H groups in total. The molecule has 0 amide bonds. The fourth-order valence-corrected chi connectivity index (χ4v) is 13.9. The molecule has 0 saturated carbocycles. The monoisotopic (exact) mass is 995 g/mol. The average molecular weight is 997 g/mol. The second kappa shape index (κ2) is 54.8. The van der Waals surface area contributed by atoms with E-state index in [1.54, 1.807) is 0 Å². The van der Waals surface area contributed by atoms with Crippen LogP contribution in [0.5, 0.6) is 0 Å². The molecule has 2 atom stereocenters. The molecular formula is C48H100O4P2S4Zn. The standard InChI is InChI=1S/2C24H51O2PS2.Zn/c2*1-3-5-7-9-11-13-15-17-19-21-23-26-27(25,28)29-24-22-20-18-16-14-12-10-8-6-4-2;/h2*3-24H2,1-2H3,(H,25,28);/q;;+2/p-2. The van der Waals surface area contributed by atoms with E-state index >= 15 is 0 Å². The summed E-state index contributed by atoms with van der Waals surface area (Å²) in [6, 6.07) is 0. The van der Waals surface area contributed by atoms with Crippen LogP contribution in [-0.4, -0.2) is 24.7 Å². The zero-order valence-electron chi connectivity index (χ0n) is 40.0. The molecule has 11 heteroatoms. The van der Waals surface area contributed by atoms with Crippen molar-refractivity contribution in [2.45, 2.75) is 285 Å². The molecule has 0 aliphatic rings. The van der Waals surface area contributed by atoms with E-state index in [0.717, 1.165) is 37.2 Å². The fraction of sp³-hybridized carbons (Fsp3) is 1.00. The van der Waals surface area contributed by atoms with Crippen LogP contribution in [0.15, 0.2) is 0 Å². The van der Waals surface area contributed by atoms with Gasteiger partial charge in [-0.15, -0.1) is 22.8 Å². The maximum atomic E-state index is 12.3. The van der Waals surface area contributed by atoms with Crippen LogP contribution in [0, 0.1) is 0 Å². The second-order valence-electron chi connectivity index (χ2n) is 17.0. The van der Waals surface area contributed by atoms with Crippen LogP contribution in [0.2, 0.25) is 0 Å². The Hall–Kier alpha value is 2.46. The largest absolute Gasteiger partial charge is 2.00 e. The van der Waals surface area contributed by atoms with Crippen molar-refractivity contribution in [1.29, 1.82) is 0 Å². The topological polar surface area (TPSA) is 64.6 Å². The third kappa shape index (κ3) is 60.5. The van der Waals surface area contributed by atoms with Gasteiger partial charge in [0.1, 0.15) is 0 Å². The summed E-state index contributed by atoms with van der Waals surface area (Å²) in [6.45, 7) is 10.2. The van der Waals surface area contributed by atoms with E-state index in [2.05, 4.69) is 27.7 Å². The van der Waals surface area contributed by atoms with Crippen molar-refractivity contribution in [2.24, 2.45) is 0 Å². The van der Waals surface area contributed by atoms with Gasteiger partial charge in [0.05, 0.1) is 13.2 Å². The Bertz CT molecular complexity index is 749. The first-order chi connectivity index (χ1) is 28.2. The van der Waals surface area contributed by atoms with E-state index < -0.39 is 11.4 Å². The Morgan fingerprint density at radius 1 is 0.305 bits per heavy atom. The molecule has 0 aromatic carbocycles. The summed E-state index contributed by atoms with van der Waals surface area (Å²) in [5.41, 5.74) is -5.69. The van der Waals surface area contributed by atoms with Crippen LogP contribution >= 0.6 is 34.2 Å². The Morgan fingerprint density at radius 2 is 0.475 bits per heavy atom. The number of rotatable bonds is 48. The number of unbranched alkanes of at least 4 members (excludes halogenated alkanes) is 36. The van der Waals surface area contributed by atoms with Crippen molar-refractivity contribution >= 4 is 57.8 Å². The van der Waals surface area contributed by atoms with Crippen LogP contribution in [0.1, 0.15) is 285 Å². The number of hydrogen-bond donors (Lipinski definition) is 0. The maximum Gasteiger partial charge on any atom is 2.00 e. The molecule has 59 heavy (non-hydrogen) atoms. The minimum Gasteiger partial charge on any atom is -0.793 e. The molecule has 0 radical (unpaired) electrons. The maximum absolute atomic E-state index is 12.3. The predicted octanol–water partition coefficient (Wildman–Crippen LogP) is 18.3. The van der Waals surface area contributed by atoms with Crippen LogP contribution in [0.3, 0.4) is 0 Å². The summed E-state index contributed by atoms with van der Waals surface area (Å²) < 4.78 is 11.1. The molecule has 0 saturated heterocycles. The smallest absolute Gasteiger partial charge is 0.793 e. The summed E-state index contributed by atoms with van der Waals surface area (Å²) in [4.78, 5) is 24.6. The minimum atomic E-state index is -2.85. The SMILES string of the molecule is CCCCCCCCCCCCOP([O-])(=S)SCCCCCCCCCCCC.CCCCCCCCCCCCOP([O-])(=S)SCCCCCCCCCCCC.[Zn+2]. The van der Waals surface area contributed by atoms with Crippen molar-refractivity contribution in [2.75, 3.05) is 24.7 Å². The fourth-order valence-electron chi connectivity index (χ4n) is 7.14. The van der Waals surface area contributed by atoms with Gasteiger partial charge >= 0.3 is 19.5 Å². The molecule has 0 rings (SSSR count). The van der Waals surface area contributed by atoms with Gasteiger partial charge in [-0.25, -0.2) is 0 Å². The third-order valence-electron chi connectivity index (χ3n) is 11.0. The Balaban J connectivity index is -0.00000105. The minimum absolute atomic E-state index is 0. The average Bonchev–Trinajstić information content (AvgIpc) is 3.20. The first-order valence-electron chi connectivity index (χ1n) is 25.4. The molecule has 0 bridgehead atoms. The summed E-state index contributed by atoms with van der Waals surface area (Å²) >= 11 is 13.1. The normalized spacial score (nSPS) is 13.4. The molecule has 0 fully saturated rings. The molecule has 0 aliphatic heterocycles. The predicted molar refractivity (Wildman–Crippen MR) is 273 cm³/mol. The first kappa shape index (κ1) is 65.7. The van der Waals surface area contributed by atoms with Crippen molar-refractivity contribution in [3.05, 3.63) is 0 Å². The van der Waals surface area contributed by atoms with E-state index in [1.165, 1.54) is 254 Å². The van der Waals surface area contributed by atoms with Gasteiger partial charge in [-0.2, -0.15) is 0 Å². The van der Waals surface area contributed by atoms with Gasteiger partial charge in [0.15, 0.2) is 0 Å². The van der Waals surface area contributed by atoms with Gasteiger partial charge in [0, 0.05) is 11.4 Å². The van der Waals surface area contributed by atoms with Gasteiger partial charge in [-0.1, -0.05) is 282 Å².